The number of carboxylic acids is 1. The van der Waals surface area contributed by atoms with Gasteiger partial charge in [0.1, 0.15) is 18.1 Å². The largest absolute Gasteiger partial charge is 0.480 e. The number of amides is 4. The van der Waals surface area contributed by atoms with Crippen LogP contribution in [0, 0.1) is 0 Å². The predicted octanol–water partition coefficient (Wildman–Crippen LogP) is -4.58. The Morgan fingerprint density at radius 2 is 1.55 bits per heavy atom. The molecule has 0 aromatic carbocycles. The maximum Gasteiger partial charge on any atom is 0.328 e. The van der Waals surface area contributed by atoms with Crippen molar-refractivity contribution in [2.45, 2.75) is 50.0 Å². The molecule has 0 spiro atoms. The number of carbonyl (C=O) groups is 5. The minimum atomic E-state index is -1.59. The number of hydrogen-bond donors (Lipinski definition) is 9. The highest BCUT2D eigenvalue weighted by molar-refractivity contribution is 7.80. The van der Waals surface area contributed by atoms with Gasteiger partial charge in [0.15, 0.2) is 0 Å². The Labute approximate surface area is 172 Å². The molecule has 166 valence electrons. The number of aliphatic carboxylic acids is 1. The second-order valence-corrected chi connectivity index (χ2v) is 6.53. The molecular formula is C15H27N5O8S. The monoisotopic (exact) mass is 437 g/mol. The summed E-state index contributed by atoms with van der Waals surface area (Å²) >= 11 is 3.90. The molecule has 0 aliphatic carbocycles. The van der Waals surface area contributed by atoms with Crippen LogP contribution in [0.3, 0.4) is 0 Å². The first kappa shape index (κ1) is 26.6. The zero-order valence-corrected chi connectivity index (χ0v) is 16.6. The van der Waals surface area contributed by atoms with Gasteiger partial charge in [0.25, 0.3) is 0 Å². The van der Waals surface area contributed by atoms with Crippen LogP contribution in [0.5, 0.6) is 0 Å². The van der Waals surface area contributed by atoms with Gasteiger partial charge in [0.05, 0.1) is 18.8 Å². The van der Waals surface area contributed by atoms with Gasteiger partial charge >= 0.3 is 5.97 Å². The fourth-order valence-electron chi connectivity index (χ4n) is 2.01. The quantitative estimate of drug-likeness (QED) is 0.126. The Morgan fingerprint density at radius 3 is 1.97 bits per heavy atom. The Balaban J connectivity index is 5.05. The number of hydrogen-bond acceptors (Lipinski definition) is 9. The van der Waals surface area contributed by atoms with Gasteiger partial charge in [-0.2, -0.15) is 12.6 Å². The molecule has 0 aromatic heterocycles. The molecule has 0 saturated heterocycles. The number of aliphatic hydroxyl groups is 2. The van der Waals surface area contributed by atoms with Gasteiger partial charge in [-0.25, -0.2) is 4.79 Å². The van der Waals surface area contributed by atoms with Crippen molar-refractivity contribution in [1.29, 1.82) is 0 Å². The van der Waals surface area contributed by atoms with Crippen molar-refractivity contribution in [3.63, 3.8) is 0 Å². The maximum atomic E-state index is 12.4. The number of carbonyl (C=O) groups excluding carboxylic acids is 4. The van der Waals surface area contributed by atoms with Gasteiger partial charge in [-0.3, -0.25) is 19.2 Å². The van der Waals surface area contributed by atoms with Crippen LogP contribution in [-0.4, -0.2) is 87.5 Å². The van der Waals surface area contributed by atoms with Gasteiger partial charge in [-0.05, 0) is 13.3 Å². The summed E-state index contributed by atoms with van der Waals surface area (Å²) in [6, 6.07) is -5.56. The van der Waals surface area contributed by atoms with Crippen molar-refractivity contribution in [3.05, 3.63) is 0 Å². The highest BCUT2D eigenvalue weighted by atomic mass is 32.1. The average Bonchev–Trinajstić information content (AvgIpc) is 2.64. The van der Waals surface area contributed by atoms with E-state index in [0.717, 1.165) is 0 Å². The first-order valence-corrected chi connectivity index (χ1v) is 9.15. The van der Waals surface area contributed by atoms with Gasteiger partial charge < -0.3 is 42.7 Å². The molecule has 13 nitrogen and oxygen atoms in total. The van der Waals surface area contributed by atoms with Crippen molar-refractivity contribution in [2.24, 2.45) is 11.5 Å². The Morgan fingerprint density at radius 1 is 1.00 bits per heavy atom. The van der Waals surface area contributed by atoms with Crippen LogP contribution in [0.1, 0.15) is 19.8 Å². The molecule has 0 bridgehead atoms. The van der Waals surface area contributed by atoms with Gasteiger partial charge in [0, 0.05) is 12.2 Å². The zero-order chi connectivity index (χ0) is 22.7. The van der Waals surface area contributed by atoms with Crippen molar-refractivity contribution >= 4 is 42.2 Å². The van der Waals surface area contributed by atoms with Crippen molar-refractivity contribution in [1.82, 2.24) is 16.0 Å². The van der Waals surface area contributed by atoms with E-state index in [1.54, 1.807) is 0 Å². The van der Waals surface area contributed by atoms with E-state index in [0.29, 0.717) is 0 Å². The van der Waals surface area contributed by atoms with E-state index >= 15 is 0 Å². The van der Waals surface area contributed by atoms with E-state index in [1.807, 2.05) is 5.32 Å². The normalized spacial score (nSPS) is 15.9. The molecule has 5 unspecified atom stereocenters. The van der Waals surface area contributed by atoms with Gasteiger partial charge in [-0.15, -0.1) is 0 Å². The third-order valence-electron chi connectivity index (χ3n) is 3.71. The SMILES string of the molecule is CC(O)C(NC(=O)C(N)CCC(N)=O)C(=O)NC(CS)C(=O)NC(CO)C(=O)O. The first-order valence-electron chi connectivity index (χ1n) is 8.52. The summed E-state index contributed by atoms with van der Waals surface area (Å²) in [5, 5.41) is 34.0. The fraction of sp³-hybridized carbons (Fsp3) is 0.667. The van der Waals surface area contributed by atoms with Crippen LogP contribution in [0.25, 0.3) is 0 Å². The number of nitrogens with two attached hydrogens (primary N) is 2. The lowest BCUT2D eigenvalue weighted by Gasteiger charge is -2.25. The summed E-state index contributed by atoms with van der Waals surface area (Å²) in [6.07, 6.45) is -1.61. The number of carboxylic acid groups (broad SMARTS) is 1. The third-order valence-corrected chi connectivity index (χ3v) is 4.08. The molecule has 0 aromatic rings. The number of nitrogens with one attached hydrogen (secondary N) is 3. The molecule has 5 atom stereocenters. The predicted molar refractivity (Wildman–Crippen MR) is 102 cm³/mol. The van der Waals surface area contributed by atoms with Crippen LogP contribution in [-0.2, 0) is 24.0 Å². The molecule has 14 heteroatoms. The van der Waals surface area contributed by atoms with Crippen molar-refractivity contribution in [2.75, 3.05) is 12.4 Å². The molecule has 0 heterocycles. The number of rotatable bonds is 13. The van der Waals surface area contributed by atoms with E-state index in [9.17, 15) is 29.1 Å². The second-order valence-electron chi connectivity index (χ2n) is 6.16. The lowest BCUT2D eigenvalue weighted by Crippen LogP contribution is -2.60. The molecule has 29 heavy (non-hydrogen) atoms. The third kappa shape index (κ3) is 9.56. The summed E-state index contributed by atoms with van der Waals surface area (Å²) in [4.78, 5) is 58.2. The zero-order valence-electron chi connectivity index (χ0n) is 15.7. The molecule has 0 saturated carbocycles. The topological polar surface area (TPSA) is 234 Å². The second kappa shape index (κ2) is 12.9. The summed E-state index contributed by atoms with van der Waals surface area (Å²) in [5.41, 5.74) is 10.6. The Kier molecular flexibility index (Phi) is 11.8. The van der Waals surface area contributed by atoms with Crippen LogP contribution >= 0.6 is 12.6 Å². The molecule has 10 N–H and O–H groups in total. The number of aliphatic hydroxyl groups excluding tert-OH is 2. The molecule has 0 aliphatic heterocycles. The summed E-state index contributed by atoms with van der Waals surface area (Å²) < 4.78 is 0. The number of thiol groups is 1. The lowest BCUT2D eigenvalue weighted by atomic mass is 10.1. The highest BCUT2D eigenvalue weighted by Crippen LogP contribution is 2.00. The average molecular weight is 437 g/mol. The molecule has 0 radical (unpaired) electrons. The highest BCUT2D eigenvalue weighted by Gasteiger charge is 2.31. The van der Waals surface area contributed by atoms with Gasteiger partial charge in [0.2, 0.25) is 23.6 Å². The van der Waals surface area contributed by atoms with Crippen LogP contribution in [0.2, 0.25) is 0 Å². The summed E-state index contributed by atoms with van der Waals surface area (Å²) in [6.45, 7) is 0.339. The van der Waals surface area contributed by atoms with E-state index in [2.05, 4.69) is 23.3 Å². The van der Waals surface area contributed by atoms with E-state index in [1.165, 1.54) is 6.92 Å². The molecule has 0 rings (SSSR count). The smallest absolute Gasteiger partial charge is 0.328 e. The Bertz CT molecular complexity index is 618. The Hall–Kier alpha value is -2.42. The van der Waals surface area contributed by atoms with Gasteiger partial charge in [-0.1, -0.05) is 0 Å². The standard InChI is InChI=1S/C15H27N5O8S/c1-6(22)11(20-12(24)7(16)2-3-10(17)23)14(26)19-9(5-29)13(25)18-8(4-21)15(27)28/h6-9,11,21-22,29H,2-5,16H2,1H3,(H2,17,23)(H,18,25)(H,19,26)(H,20,24)(H,27,28). The van der Waals surface area contributed by atoms with Crippen molar-refractivity contribution in [3.8, 4) is 0 Å². The number of primary amides is 1. The molecule has 0 fully saturated rings. The van der Waals surface area contributed by atoms with Crippen LogP contribution in [0.15, 0.2) is 0 Å². The minimum absolute atomic E-state index is 0.0747. The van der Waals surface area contributed by atoms with E-state index in [4.69, 9.17) is 21.7 Å². The van der Waals surface area contributed by atoms with Crippen LogP contribution in [0.4, 0.5) is 0 Å². The van der Waals surface area contributed by atoms with Crippen LogP contribution < -0.4 is 27.4 Å². The molecule has 4 amide bonds. The minimum Gasteiger partial charge on any atom is -0.480 e. The van der Waals surface area contributed by atoms with E-state index < -0.39 is 66.5 Å². The summed E-state index contributed by atoms with van der Waals surface area (Å²) in [5.74, 6) is -5.12. The van der Waals surface area contributed by atoms with E-state index in [-0.39, 0.29) is 18.6 Å². The molecule has 0 aliphatic rings. The van der Waals surface area contributed by atoms with Crippen molar-refractivity contribution < 1.29 is 39.3 Å². The summed E-state index contributed by atoms with van der Waals surface area (Å²) in [7, 11) is 0. The first-order chi connectivity index (χ1) is 13.4. The molecular weight excluding hydrogens is 410 g/mol. The fourth-order valence-corrected chi connectivity index (χ4v) is 2.26. The maximum absolute atomic E-state index is 12.4. The lowest BCUT2D eigenvalue weighted by molar-refractivity contribution is -0.143.